The van der Waals surface area contributed by atoms with E-state index >= 15 is 0 Å². The van der Waals surface area contributed by atoms with E-state index in [0.717, 1.165) is 25.3 Å². The van der Waals surface area contributed by atoms with E-state index in [9.17, 15) is 0 Å². The summed E-state index contributed by atoms with van der Waals surface area (Å²) in [7, 11) is 1.77. The smallest absolute Gasteiger partial charge is 0.193 e. The minimum atomic E-state index is 0.283. The van der Waals surface area contributed by atoms with Crippen molar-refractivity contribution in [3.05, 3.63) is 29.3 Å². The van der Waals surface area contributed by atoms with Crippen LogP contribution in [0, 0.1) is 19.3 Å². The molecule has 122 valence electrons. The lowest BCUT2D eigenvalue weighted by atomic mass is 9.83. The largest absolute Gasteiger partial charge is 0.385 e. The van der Waals surface area contributed by atoms with Crippen molar-refractivity contribution in [3.63, 3.8) is 0 Å². The number of benzene rings is 1. The number of nitrogens with two attached hydrogens (primary N) is 1. The third kappa shape index (κ3) is 4.73. The van der Waals surface area contributed by atoms with Gasteiger partial charge in [0.2, 0.25) is 0 Å². The molecule has 0 unspecified atom stereocenters. The highest BCUT2D eigenvalue weighted by molar-refractivity contribution is 5.92. The van der Waals surface area contributed by atoms with Gasteiger partial charge in [0.15, 0.2) is 5.96 Å². The van der Waals surface area contributed by atoms with Gasteiger partial charge in [-0.15, -0.1) is 0 Å². The van der Waals surface area contributed by atoms with Gasteiger partial charge in [0.25, 0.3) is 0 Å². The van der Waals surface area contributed by atoms with Crippen molar-refractivity contribution in [1.29, 1.82) is 0 Å². The predicted octanol–water partition coefficient (Wildman–Crippen LogP) is 3.63. The number of aliphatic imine (C=N–C) groups is 1. The van der Waals surface area contributed by atoms with Crippen molar-refractivity contribution in [3.8, 4) is 0 Å². The van der Waals surface area contributed by atoms with Gasteiger partial charge in [-0.25, -0.2) is 0 Å². The molecule has 0 atom stereocenters. The molecule has 3 N–H and O–H groups in total. The number of hydrogen-bond acceptors (Lipinski definition) is 2. The second kappa shape index (κ2) is 7.63. The topological polar surface area (TPSA) is 59.6 Å². The summed E-state index contributed by atoms with van der Waals surface area (Å²) < 4.78 is 5.26. The number of hydrogen-bond donors (Lipinski definition) is 2. The molecule has 4 nitrogen and oxygen atoms in total. The summed E-state index contributed by atoms with van der Waals surface area (Å²) in [4.78, 5) is 4.61. The molecule has 0 spiro atoms. The number of nitrogens with one attached hydrogen (secondary N) is 1. The molecule has 0 saturated heterocycles. The summed E-state index contributed by atoms with van der Waals surface area (Å²) in [6.45, 7) is 5.77. The minimum Gasteiger partial charge on any atom is -0.385 e. The van der Waals surface area contributed by atoms with Crippen molar-refractivity contribution < 1.29 is 4.74 Å². The highest BCUT2D eigenvalue weighted by Crippen LogP contribution is 2.41. The van der Waals surface area contributed by atoms with Crippen LogP contribution in [0.5, 0.6) is 0 Å². The molecule has 0 aliphatic heterocycles. The Labute approximate surface area is 134 Å². The molecule has 0 bridgehead atoms. The Morgan fingerprint density at radius 2 is 1.86 bits per heavy atom. The molecule has 0 heterocycles. The SMILES string of the molecule is COCCC1(CN=C(N)Nc2cc(C)cc(C)c2)CCCC1. The minimum absolute atomic E-state index is 0.283. The summed E-state index contributed by atoms with van der Waals surface area (Å²) in [5.41, 5.74) is 9.82. The van der Waals surface area contributed by atoms with Crippen LogP contribution in [0.25, 0.3) is 0 Å². The molecule has 1 aliphatic rings. The zero-order valence-corrected chi connectivity index (χ0v) is 14.1. The van der Waals surface area contributed by atoms with Crippen LogP contribution < -0.4 is 11.1 Å². The van der Waals surface area contributed by atoms with Crippen LogP contribution in [0.15, 0.2) is 23.2 Å². The summed E-state index contributed by atoms with van der Waals surface area (Å²) in [5.74, 6) is 0.508. The van der Waals surface area contributed by atoms with Crippen molar-refractivity contribution in [1.82, 2.24) is 0 Å². The summed E-state index contributed by atoms with van der Waals surface area (Å²) >= 11 is 0. The first kappa shape index (κ1) is 16.8. The van der Waals surface area contributed by atoms with Crippen LogP contribution in [-0.4, -0.2) is 26.2 Å². The first-order valence-corrected chi connectivity index (χ1v) is 8.17. The van der Waals surface area contributed by atoms with Gasteiger partial charge in [0.05, 0.1) is 0 Å². The van der Waals surface area contributed by atoms with Crippen LogP contribution in [0.2, 0.25) is 0 Å². The van der Waals surface area contributed by atoms with Gasteiger partial charge < -0.3 is 15.8 Å². The normalized spacial score (nSPS) is 17.7. The van der Waals surface area contributed by atoms with Crippen LogP contribution in [0.4, 0.5) is 5.69 Å². The molecule has 1 saturated carbocycles. The van der Waals surface area contributed by atoms with E-state index < -0.39 is 0 Å². The fraction of sp³-hybridized carbons (Fsp3) is 0.611. The van der Waals surface area contributed by atoms with Crippen LogP contribution in [0.1, 0.15) is 43.2 Å². The van der Waals surface area contributed by atoms with E-state index in [1.54, 1.807) is 7.11 Å². The molecular formula is C18H29N3O. The molecule has 2 rings (SSSR count). The Morgan fingerprint density at radius 1 is 1.23 bits per heavy atom. The molecule has 0 aromatic heterocycles. The zero-order chi connectivity index (χ0) is 16.0. The first-order valence-electron chi connectivity index (χ1n) is 8.17. The highest BCUT2D eigenvalue weighted by atomic mass is 16.5. The summed E-state index contributed by atoms with van der Waals surface area (Å²) in [6, 6.07) is 6.33. The van der Waals surface area contributed by atoms with Crippen molar-refractivity contribution >= 4 is 11.6 Å². The Kier molecular flexibility index (Phi) is 5.83. The molecule has 4 heteroatoms. The molecule has 0 radical (unpaired) electrons. The van der Waals surface area contributed by atoms with E-state index in [2.05, 4.69) is 42.4 Å². The molecule has 22 heavy (non-hydrogen) atoms. The van der Waals surface area contributed by atoms with E-state index in [-0.39, 0.29) is 5.41 Å². The maximum Gasteiger partial charge on any atom is 0.193 e. The van der Waals surface area contributed by atoms with E-state index in [0.29, 0.717) is 5.96 Å². The van der Waals surface area contributed by atoms with E-state index in [1.807, 2.05) is 0 Å². The third-order valence-corrected chi connectivity index (χ3v) is 4.58. The van der Waals surface area contributed by atoms with Gasteiger partial charge in [0.1, 0.15) is 0 Å². The predicted molar refractivity (Wildman–Crippen MR) is 93.4 cm³/mol. The highest BCUT2D eigenvalue weighted by Gasteiger charge is 2.33. The average molecular weight is 303 g/mol. The van der Waals surface area contributed by atoms with Crippen molar-refractivity contribution in [2.45, 2.75) is 46.0 Å². The average Bonchev–Trinajstić information content (AvgIpc) is 2.91. The molecule has 1 aromatic rings. The maximum absolute atomic E-state index is 6.08. The van der Waals surface area contributed by atoms with Gasteiger partial charge in [-0.3, -0.25) is 4.99 Å². The van der Waals surface area contributed by atoms with Gasteiger partial charge in [-0.1, -0.05) is 18.9 Å². The van der Waals surface area contributed by atoms with Gasteiger partial charge in [-0.05, 0) is 61.8 Å². The number of ether oxygens (including phenoxy) is 1. The van der Waals surface area contributed by atoms with Gasteiger partial charge >= 0.3 is 0 Å². The van der Waals surface area contributed by atoms with Crippen LogP contribution in [-0.2, 0) is 4.74 Å². The molecular weight excluding hydrogens is 274 g/mol. The molecule has 1 aromatic carbocycles. The molecule has 1 aliphatic carbocycles. The van der Waals surface area contributed by atoms with E-state index in [4.69, 9.17) is 10.5 Å². The van der Waals surface area contributed by atoms with Gasteiger partial charge in [0, 0.05) is 25.9 Å². The second-order valence-electron chi connectivity index (χ2n) is 6.65. The molecule has 0 amide bonds. The Bertz CT molecular complexity index is 499. The lowest BCUT2D eigenvalue weighted by molar-refractivity contribution is 0.141. The number of nitrogens with zero attached hydrogens (tertiary/aromatic N) is 1. The molecule has 1 fully saturated rings. The van der Waals surface area contributed by atoms with Crippen molar-refractivity contribution in [2.24, 2.45) is 16.1 Å². The number of methoxy groups -OCH3 is 1. The van der Waals surface area contributed by atoms with Gasteiger partial charge in [-0.2, -0.15) is 0 Å². The summed E-state index contributed by atoms with van der Waals surface area (Å²) in [5, 5.41) is 3.22. The Morgan fingerprint density at radius 3 is 2.45 bits per heavy atom. The first-order chi connectivity index (χ1) is 10.5. The van der Waals surface area contributed by atoms with E-state index in [1.165, 1.54) is 36.8 Å². The zero-order valence-electron chi connectivity index (χ0n) is 14.1. The quantitative estimate of drug-likeness (QED) is 0.623. The fourth-order valence-corrected chi connectivity index (χ4v) is 3.42. The third-order valence-electron chi connectivity index (χ3n) is 4.58. The lowest BCUT2D eigenvalue weighted by Crippen LogP contribution is -2.28. The Balaban J connectivity index is 1.98. The van der Waals surface area contributed by atoms with Crippen LogP contribution in [0.3, 0.4) is 0 Å². The summed E-state index contributed by atoms with van der Waals surface area (Å²) in [6.07, 6.45) is 6.13. The fourth-order valence-electron chi connectivity index (χ4n) is 3.42. The Hall–Kier alpha value is -1.55. The maximum atomic E-state index is 6.08. The van der Waals surface area contributed by atoms with Crippen molar-refractivity contribution in [2.75, 3.05) is 25.6 Å². The standard InChI is InChI=1S/C18H29N3O/c1-14-10-15(2)12-16(11-14)21-17(19)20-13-18(8-9-22-3)6-4-5-7-18/h10-12H,4-9,13H2,1-3H3,(H3,19,20,21). The van der Waals surface area contributed by atoms with Crippen LogP contribution >= 0.6 is 0 Å². The number of guanidine groups is 1. The number of anilines is 1. The lowest BCUT2D eigenvalue weighted by Gasteiger charge is -2.26. The number of rotatable bonds is 6. The monoisotopic (exact) mass is 303 g/mol. The second-order valence-corrected chi connectivity index (χ2v) is 6.65. The number of aryl methyl sites for hydroxylation is 2.